The van der Waals surface area contributed by atoms with E-state index in [4.69, 9.17) is 4.74 Å². The van der Waals surface area contributed by atoms with Gasteiger partial charge in [0.1, 0.15) is 11.6 Å². The molecule has 0 spiro atoms. The molecule has 1 aliphatic rings. The van der Waals surface area contributed by atoms with E-state index in [0.717, 1.165) is 25.5 Å². The predicted molar refractivity (Wildman–Crippen MR) is 82.5 cm³/mol. The summed E-state index contributed by atoms with van der Waals surface area (Å²) >= 11 is 0. The van der Waals surface area contributed by atoms with Crippen molar-refractivity contribution in [3.8, 4) is 0 Å². The standard InChI is InChI=1S/C15H20F2N2O2.ClH/c1-10-6-11(13(17)7-12(10)16)14(20)18-8-15(9-21-2)4-3-5-19-15;/h6-7,19H,3-5,8-9H2,1-2H3,(H,18,20);1H. The van der Waals surface area contributed by atoms with E-state index in [0.29, 0.717) is 13.2 Å². The van der Waals surface area contributed by atoms with E-state index in [2.05, 4.69) is 10.6 Å². The van der Waals surface area contributed by atoms with Crippen molar-refractivity contribution in [3.05, 3.63) is 34.9 Å². The van der Waals surface area contributed by atoms with Gasteiger partial charge in [0.2, 0.25) is 0 Å². The first-order chi connectivity index (χ1) is 9.97. The van der Waals surface area contributed by atoms with Crippen LogP contribution in [0.15, 0.2) is 12.1 Å². The van der Waals surface area contributed by atoms with Gasteiger partial charge in [0.05, 0.1) is 17.7 Å². The molecule has 1 saturated heterocycles. The van der Waals surface area contributed by atoms with Gasteiger partial charge in [-0.05, 0) is 37.9 Å². The molecule has 1 atom stereocenters. The summed E-state index contributed by atoms with van der Waals surface area (Å²) < 4.78 is 32.1. The zero-order valence-corrected chi connectivity index (χ0v) is 13.5. The van der Waals surface area contributed by atoms with Crippen LogP contribution in [0.5, 0.6) is 0 Å². The number of carbonyl (C=O) groups is 1. The topological polar surface area (TPSA) is 50.4 Å². The molecule has 7 heteroatoms. The van der Waals surface area contributed by atoms with E-state index in [1.807, 2.05) is 0 Å². The summed E-state index contributed by atoms with van der Waals surface area (Å²) in [4.78, 5) is 12.1. The number of nitrogens with one attached hydrogen (secondary N) is 2. The summed E-state index contributed by atoms with van der Waals surface area (Å²) in [5, 5.41) is 6.03. The van der Waals surface area contributed by atoms with Crippen molar-refractivity contribution in [2.24, 2.45) is 0 Å². The third kappa shape index (κ3) is 4.15. The Morgan fingerprint density at radius 1 is 1.41 bits per heavy atom. The Bertz CT molecular complexity index is 535. The molecule has 1 heterocycles. The molecule has 1 fully saturated rings. The number of halogens is 3. The number of hydrogen-bond donors (Lipinski definition) is 2. The summed E-state index contributed by atoms with van der Waals surface area (Å²) in [5.41, 5.74) is -0.206. The predicted octanol–water partition coefficient (Wildman–Crippen LogP) is 2.19. The lowest BCUT2D eigenvalue weighted by Crippen LogP contribution is -2.53. The van der Waals surface area contributed by atoms with Gasteiger partial charge in [0, 0.05) is 19.7 Å². The zero-order valence-electron chi connectivity index (χ0n) is 12.7. The van der Waals surface area contributed by atoms with Crippen LogP contribution in [0, 0.1) is 18.6 Å². The molecule has 1 unspecified atom stereocenters. The van der Waals surface area contributed by atoms with Crippen LogP contribution in [0.2, 0.25) is 0 Å². The van der Waals surface area contributed by atoms with Crippen molar-refractivity contribution in [2.75, 3.05) is 26.8 Å². The number of carbonyl (C=O) groups excluding carboxylic acids is 1. The number of benzene rings is 1. The van der Waals surface area contributed by atoms with E-state index in [1.54, 1.807) is 7.11 Å². The first-order valence-corrected chi connectivity index (χ1v) is 6.95. The molecular formula is C15H21ClF2N2O2. The molecule has 22 heavy (non-hydrogen) atoms. The Morgan fingerprint density at radius 2 is 2.14 bits per heavy atom. The van der Waals surface area contributed by atoms with Crippen molar-refractivity contribution in [1.29, 1.82) is 0 Å². The number of aryl methyl sites for hydroxylation is 1. The second-order valence-electron chi connectivity index (χ2n) is 5.51. The Kier molecular flexibility index (Phi) is 6.71. The van der Waals surface area contributed by atoms with Gasteiger partial charge in [-0.15, -0.1) is 12.4 Å². The summed E-state index contributed by atoms with van der Waals surface area (Å²) in [7, 11) is 1.60. The lowest BCUT2D eigenvalue weighted by Gasteiger charge is -2.29. The van der Waals surface area contributed by atoms with Crippen LogP contribution in [-0.2, 0) is 4.74 Å². The second-order valence-corrected chi connectivity index (χ2v) is 5.51. The first kappa shape index (κ1) is 18.8. The average Bonchev–Trinajstić information content (AvgIpc) is 2.90. The minimum Gasteiger partial charge on any atom is -0.383 e. The van der Waals surface area contributed by atoms with Crippen LogP contribution in [0.3, 0.4) is 0 Å². The molecule has 0 aliphatic carbocycles. The van der Waals surface area contributed by atoms with Gasteiger partial charge in [-0.3, -0.25) is 4.79 Å². The SMILES string of the molecule is COCC1(CNC(=O)c2cc(C)c(F)cc2F)CCCN1.Cl. The normalized spacial score (nSPS) is 20.5. The third-order valence-electron chi connectivity index (χ3n) is 3.83. The molecule has 0 aromatic heterocycles. The fourth-order valence-corrected chi connectivity index (χ4v) is 2.65. The minimum atomic E-state index is -0.851. The van der Waals surface area contributed by atoms with Crippen LogP contribution in [0.4, 0.5) is 8.78 Å². The van der Waals surface area contributed by atoms with E-state index >= 15 is 0 Å². The van der Waals surface area contributed by atoms with Crippen LogP contribution in [0.25, 0.3) is 0 Å². The van der Waals surface area contributed by atoms with E-state index in [-0.39, 0.29) is 29.1 Å². The zero-order chi connectivity index (χ0) is 15.5. The van der Waals surface area contributed by atoms with Crippen molar-refractivity contribution in [1.82, 2.24) is 10.6 Å². The Balaban J connectivity index is 0.00000242. The van der Waals surface area contributed by atoms with Crippen LogP contribution in [-0.4, -0.2) is 38.3 Å². The molecular weight excluding hydrogens is 314 g/mol. The maximum absolute atomic E-state index is 13.7. The number of methoxy groups -OCH3 is 1. The highest BCUT2D eigenvalue weighted by atomic mass is 35.5. The molecule has 0 saturated carbocycles. The van der Waals surface area contributed by atoms with Crippen molar-refractivity contribution in [2.45, 2.75) is 25.3 Å². The van der Waals surface area contributed by atoms with Gasteiger partial charge in [-0.1, -0.05) is 0 Å². The second kappa shape index (κ2) is 7.85. The highest BCUT2D eigenvalue weighted by Crippen LogP contribution is 2.19. The summed E-state index contributed by atoms with van der Waals surface area (Å²) in [6.07, 6.45) is 1.88. The van der Waals surface area contributed by atoms with Gasteiger partial charge in [0.25, 0.3) is 5.91 Å². The molecule has 4 nitrogen and oxygen atoms in total. The summed E-state index contributed by atoms with van der Waals surface area (Å²) in [6, 6.07) is 1.97. The minimum absolute atomic E-state index is 0. The maximum Gasteiger partial charge on any atom is 0.254 e. The molecule has 1 aliphatic heterocycles. The lowest BCUT2D eigenvalue weighted by atomic mass is 9.98. The Morgan fingerprint density at radius 3 is 2.73 bits per heavy atom. The molecule has 0 radical (unpaired) electrons. The molecule has 2 N–H and O–H groups in total. The highest BCUT2D eigenvalue weighted by molar-refractivity contribution is 5.94. The number of ether oxygens (including phenoxy) is 1. The quantitative estimate of drug-likeness (QED) is 0.868. The van der Waals surface area contributed by atoms with Gasteiger partial charge in [-0.2, -0.15) is 0 Å². The number of amides is 1. The lowest BCUT2D eigenvalue weighted by molar-refractivity contribution is 0.0888. The van der Waals surface area contributed by atoms with Crippen LogP contribution < -0.4 is 10.6 Å². The fraction of sp³-hybridized carbons (Fsp3) is 0.533. The largest absolute Gasteiger partial charge is 0.383 e. The van der Waals surface area contributed by atoms with Crippen LogP contribution >= 0.6 is 12.4 Å². The molecule has 2 rings (SSSR count). The van der Waals surface area contributed by atoms with Crippen molar-refractivity contribution >= 4 is 18.3 Å². The van der Waals surface area contributed by atoms with E-state index in [1.165, 1.54) is 13.0 Å². The molecule has 124 valence electrons. The van der Waals surface area contributed by atoms with Gasteiger partial charge in [0.15, 0.2) is 0 Å². The molecule has 1 aromatic carbocycles. The van der Waals surface area contributed by atoms with E-state index < -0.39 is 17.5 Å². The van der Waals surface area contributed by atoms with Gasteiger partial charge < -0.3 is 15.4 Å². The Hall–Kier alpha value is -1.24. The first-order valence-electron chi connectivity index (χ1n) is 6.95. The monoisotopic (exact) mass is 334 g/mol. The maximum atomic E-state index is 13.7. The van der Waals surface area contributed by atoms with Gasteiger partial charge in [-0.25, -0.2) is 8.78 Å². The third-order valence-corrected chi connectivity index (χ3v) is 3.83. The average molecular weight is 335 g/mol. The summed E-state index contributed by atoms with van der Waals surface area (Å²) in [5.74, 6) is -2.05. The van der Waals surface area contributed by atoms with Crippen molar-refractivity contribution in [3.63, 3.8) is 0 Å². The number of rotatable bonds is 5. The van der Waals surface area contributed by atoms with Gasteiger partial charge >= 0.3 is 0 Å². The molecule has 0 bridgehead atoms. The molecule has 1 aromatic rings. The highest BCUT2D eigenvalue weighted by Gasteiger charge is 2.34. The van der Waals surface area contributed by atoms with E-state index in [9.17, 15) is 13.6 Å². The number of hydrogen-bond acceptors (Lipinski definition) is 3. The smallest absolute Gasteiger partial charge is 0.254 e. The Labute approximate surface area is 135 Å². The fourth-order valence-electron chi connectivity index (χ4n) is 2.65. The molecule has 1 amide bonds. The van der Waals surface area contributed by atoms with Crippen molar-refractivity contribution < 1.29 is 18.3 Å². The van der Waals surface area contributed by atoms with Crippen LogP contribution in [0.1, 0.15) is 28.8 Å². The summed E-state index contributed by atoms with van der Waals surface area (Å²) in [6.45, 7) is 3.17.